The zero-order valence-electron chi connectivity index (χ0n) is 17.5. The standard InChI is InChI=1S/C23H26N2O5/c1-27-14-16-8-9-25(13-16)23(26)17-5-6-18-20(12-17)30-22(24-18)11-15-4-7-19(28-2)21(10-15)29-3/h4-7,10,12,16H,8-9,11,13-14H2,1-3H3. The molecule has 1 aliphatic rings. The average Bonchev–Trinajstić information content (AvgIpc) is 3.39. The third-order valence-electron chi connectivity index (χ3n) is 5.46. The first-order valence-corrected chi connectivity index (χ1v) is 10.00. The van der Waals surface area contributed by atoms with E-state index in [2.05, 4.69) is 4.98 Å². The molecule has 30 heavy (non-hydrogen) atoms. The van der Waals surface area contributed by atoms with E-state index in [1.54, 1.807) is 27.4 Å². The van der Waals surface area contributed by atoms with Gasteiger partial charge in [0.2, 0.25) is 0 Å². The van der Waals surface area contributed by atoms with Crippen molar-refractivity contribution in [2.24, 2.45) is 5.92 Å². The lowest BCUT2D eigenvalue weighted by Gasteiger charge is -2.16. The number of benzene rings is 2. The van der Waals surface area contributed by atoms with Gasteiger partial charge in [0.25, 0.3) is 5.91 Å². The second-order valence-corrected chi connectivity index (χ2v) is 7.52. The Morgan fingerprint density at radius 3 is 2.73 bits per heavy atom. The first kappa shape index (κ1) is 20.2. The quantitative estimate of drug-likeness (QED) is 0.593. The van der Waals surface area contributed by atoms with E-state index >= 15 is 0 Å². The van der Waals surface area contributed by atoms with Crippen LogP contribution in [0.1, 0.15) is 28.2 Å². The smallest absolute Gasteiger partial charge is 0.254 e. The molecule has 1 atom stereocenters. The van der Waals surface area contributed by atoms with Gasteiger partial charge in [-0.3, -0.25) is 4.79 Å². The molecule has 7 nitrogen and oxygen atoms in total. The topological polar surface area (TPSA) is 74.0 Å². The van der Waals surface area contributed by atoms with Crippen molar-refractivity contribution < 1.29 is 23.4 Å². The number of fused-ring (bicyclic) bond motifs is 1. The number of oxazole rings is 1. The second-order valence-electron chi connectivity index (χ2n) is 7.52. The number of carbonyl (C=O) groups is 1. The fourth-order valence-corrected chi connectivity index (χ4v) is 3.92. The van der Waals surface area contributed by atoms with Gasteiger partial charge in [-0.2, -0.15) is 0 Å². The van der Waals surface area contributed by atoms with Gasteiger partial charge in [0, 0.05) is 38.1 Å². The molecule has 158 valence electrons. The number of likely N-dealkylation sites (tertiary alicyclic amines) is 1. The summed E-state index contributed by atoms with van der Waals surface area (Å²) >= 11 is 0. The molecule has 7 heteroatoms. The lowest BCUT2D eigenvalue weighted by Crippen LogP contribution is -2.29. The Kier molecular flexibility index (Phi) is 5.90. The van der Waals surface area contributed by atoms with Gasteiger partial charge in [-0.1, -0.05) is 6.07 Å². The number of rotatable bonds is 7. The number of ether oxygens (including phenoxy) is 3. The normalized spacial score (nSPS) is 16.2. The highest BCUT2D eigenvalue weighted by Gasteiger charge is 2.27. The summed E-state index contributed by atoms with van der Waals surface area (Å²) in [5.74, 6) is 2.35. The van der Waals surface area contributed by atoms with E-state index in [1.807, 2.05) is 35.2 Å². The van der Waals surface area contributed by atoms with Crippen molar-refractivity contribution >= 4 is 17.0 Å². The first-order valence-electron chi connectivity index (χ1n) is 10.00. The van der Waals surface area contributed by atoms with Crippen LogP contribution in [0.4, 0.5) is 0 Å². The van der Waals surface area contributed by atoms with Crippen molar-refractivity contribution in [3.8, 4) is 11.5 Å². The Morgan fingerprint density at radius 1 is 1.13 bits per heavy atom. The van der Waals surface area contributed by atoms with Crippen molar-refractivity contribution in [3.63, 3.8) is 0 Å². The van der Waals surface area contributed by atoms with E-state index in [4.69, 9.17) is 18.6 Å². The largest absolute Gasteiger partial charge is 0.493 e. The second kappa shape index (κ2) is 8.75. The third kappa shape index (κ3) is 4.11. The Hall–Kier alpha value is -3.06. The maximum absolute atomic E-state index is 12.9. The molecule has 4 rings (SSSR count). The van der Waals surface area contributed by atoms with Gasteiger partial charge < -0.3 is 23.5 Å². The SMILES string of the molecule is COCC1CCN(C(=O)c2ccc3nc(Cc4ccc(OC)c(OC)c4)oc3c2)C1. The number of amides is 1. The van der Waals surface area contributed by atoms with Crippen molar-refractivity contribution in [1.29, 1.82) is 0 Å². The Bertz CT molecular complexity index is 1050. The molecule has 0 spiro atoms. The zero-order valence-corrected chi connectivity index (χ0v) is 17.5. The maximum atomic E-state index is 12.9. The van der Waals surface area contributed by atoms with Crippen LogP contribution >= 0.6 is 0 Å². The molecule has 1 amide bonds. The predicted molar refractivity (Wildman–Crippen MR) is 112 cm³/mol. The number of hydrogen-bond acceptors (Lipinski definition) is 6. The van der Waals surface area contributed by atoms with E-state index < -0.39 is 0 Å². The van der Waals surface area contributed by atoms with Gasteiger partial charge in [0.05, 0.1) is 20.8 Å². The number of aromatic nitrogens is 1. The minimum Gasteiger partial charge on any atom is -0.493 e. The molecule has 0 aliphatic carbocycles. The van der Waals surface area contributed by atoms with Crippen molar-refractivity contribution in [1.82, 2.24) is 9.88 Å². The summed E-state index contributed by atoms with van der Waals surface area (Å²) in [6.45, 7) is 2.17. The monoisotopic (exact) mass is 410 g/mol. The molecule has 1 aromatic heterocycles. The van der Waals surface area contributed by atoms with Gasteiger partial charge in [-0.25, -0.2) is 4.98 Å². The van der Waals surface area contributed by atoms with E-state index in [9.17, 15) is 4.79 Å². The summed E-state index contributed by atoms with van der Waals surface area (Å²) in [5.41, 5.74) is 2.97. The average molecular weight is 410 g/mol. The number of nitrogens with zero attached hydrogens (tertiary/aromatic N) is 2. The van der Waals surface area contributed by atoms with Crippen LogP contribution in [0.15, 0.2) is 40.8 Å². The molecule has 1 aliphatic heterocycles. The third-order valence-corrected chi connectivity index (χ3v) is 5.46. The maximum Gasteiger partial charge on any atom is 0.254 e. The summed E-state index contributed by atoms with van der Waals surface area (Å²) in [6.07, 6.45) is 1.49. The zero-order chi connectivity index (χ0) is 21.1. The molecule has 1 fully saturated rings. The molecule has 2 aromatic carbocycles. The van der Waals surface area contributed by atoms with Crippen LogP contribution in [0.3, 0.4) is 0 Å². The lowest BCUT2D eigenvalue weighted by molar-refractivity contribution is 0.0775. The Balaban J connectivity index is 1.51. The van der Waals surface area contributed by atoms with Gasteiger partial charge in [0.15, 0.2) is 23.0 Å². The van der Waals surface area contributed by atoms with Gasteiger partial charge in [-0.05, 0) is 42.3 Å². The highest BCUT2D eigenvalue weighted by molar-refractivity contribution is 5.97. The molecule has 2 heterocycles. The van der Waals surface area contributed by atoms with Gasteiger partial charge in [0.1, 0.15) is 5.52 Å². The molecule has 1 saturated heterocycles. The van der Waals surface area contributed by atoms with Crippen LogP contribution in [-0.4, -0.2) is 56.8 Å². The van der Waals surface area contributed by atoms with E-state index in [0.29, 0.717) is 47.5 Å². The van der Waals surface area contributed by atoms with Crippen molar-refractivity contribution in [3.05, 3.63) is 53.4 Å². The fraction of sp³-hybridized carbons (Fsp3) is 0.391. The molecular weight excluding hydrogens is 384 g/mol. The summed E-state index contributed by atoms with van der Waals surface area (Å²) < 4.78 is 21.8. The molecule has 0 N–H and O–H groups in total. The number of methoxy groups -OCH3 is 3. The van der Waals surface area contributed by atoms with Crippen molar-refractivity contribution in [2.75, 3.05) is 41.0 Å². The minimum atomic E-state index is 0.0216. The van der Waals surface area contributed by atoms with Crippen LogP contribution in [0, 0.1) is 5.92 Å². The molecule has 1 unspecified atom stereocenters. The van der Waals surface area contributed by atoms with E-state index in [-0.39, 0.29) is 5.91 Å². The molecule has 3 aromatic rings. The summed E-state index contributed by atoms with van der Waals surface area (Å²) in [6, 6.07) is 11.2. The van der Waals surface area contributed by atoms with Crippen LogP contribution in [0.25, 0.3) is 11.1 Å². The predicted octanol–water partition coefficient (Wildman–Crippen LogP) is 3.54. The van der Waals surface area contributed by atoms with Crippen LogP contribution in [0.2, 0.25) is 0 Å². The van der Waals surface area contributed by atoms with Crippen LogP contribution in [-0.2, 0) is 11.2 Å². The van der Waals surface area contributed by atoms with Crippen molar-refractivity contribution in [2.45, 2.75) is 12.8 Å². The summed E-state index contributed by atoms with van der Waals surface area (Å²) in [4.78, 5) is 19.3. The molecule has 0 saturated carbocycles. The Morgan fingerprint density at radius 2 is 1.97 bits per heavy atom. The summed E-state index contributed by atoms with van der Waals surface area (Å²) in [7, 11) is 4.91. The van der Waals surface area contributed by atoms with Gasteiger partial charge >= 0.3 is 0 Å². The fourth-order valence-electron chi connectivity index (χ4n) is 3.92. The highest BCUT2D eigenvalue weighted by Crippen LogP contribution is 2.29. The minimum absolute atomic E-state index is 0.0216. The van der Waals surface area contributed by atoms with Crippen LogP contribution in [0.5, 0.6) is 11.5 Å². The number of carbonyl (C=O) groups excluding carboxylic acids is 1. The molecular formula is C23H26N2O5. The lowest BCUT2D eigenvalue weighted by atomic mass is 10.1. The van der Waals surface area contributed by atoms with Gasteiger partial charge in [-0.15, -0.1) is 0 Å². The number of hydrogen-bond donors (Lipinski definition) is 0. The first-order chi connectivity index (χ1) is 14.6. The molecule has 0 bridgehead atoms. The van der Waals surface area contributed by atoms with E-state index in [1.165, 1.54) is 0 Å². The molecule has 0 radical (unpaired) electrons. The van der Waals surface area contributed by atoms with Crippen LogP contribution < -0.4 is 9.47 Å². The summed E-state index contributed by atoms with van der Waals surface area (Å²) in [5, 5.41) is 0. The highest BCUT2D eigenvalue weighted by atomic mass is 16.5. The van der Waals surface area contributed by atoms with E-state index in [0.717, 1.165) is 30.6 Å². The Labute approximate surface area is 175 Å².